The Labute approximate surface area is 508 Å². The molecule has 0 saturated carbocycles. The van der Waals surface area contributed by atoms with Crippen LogP contribution in [0.4, 0.5) is 47.1 Å². The first-order valence-electron chi connectivity index (χ1n) is 19.4. The number of aromatic nitrogens is 6. The molecule has 0 aliphatic carbocycles. The second-order valence-electron chi connectivity index (χ2n) is 14.2. The van der Waals surface area contributed by atoms with Gasteiger partial charge in [0.25, 0.3) is 0 Å². The van der Waals surface area contributed by atoms with Gasteiger partial charge in [-0.2, -0.15) is 29.9 Å². The van der Waals surface area contributed by atoms with Crippen LogP contribution in [0.5, 0.6) is 5.75 Å². The van der Waals surface area contributed by atoms with Gasteiger partial charge in [0.1, 0.15) is 51.6 Å². The molecule has 0 bridgehead atoms. The van der Waals surface area contributed by atoms with Gasteiger partial charge in [-0.3, -0.25) is 0 Å². The third-order valence-corrected chi connectivity index (χ3v) is 11.4. The van der Waals surface area contributed by atoms with Crippen LogP contribution >= 0.6 is 0 Å². The zero-order valence-corrected chi connectivity index (χ0v) is 50.7. The SMILES string of the molecule is CN(CC(O)C(O)C(O)C(O)CO)c1nc(NCCS(=O)(=O)[O-])nc(Nc2ccc(C=Cc3ccc(Nc4nc(NCCS(=O)(=O)[O-])nc(NCC(O)CO)n4)cc3S(=O)(=O)[O-])c(OS(=O)[O-])c2)n1.[Na+].[Na+].[Na+].[Na+]. The van der Waals surface area contributed by atoms with Crippen molar-refractivity contribution in [3.05, 3.63) is 47.5 Å². The molecule has 39 heteroatoms. The molecule has 6 atom stereocenters. The third kappa shape index (κ3) is 25.1. The van der Waals surface area contributed by atoms with Gasteiger partial charge in [-0.25, -0.2) is 29.5 Å². The normalized spacial score (nSPS) is 14.0. The summed E-state index contributed by atoms with van der Waals surface area (Å²) in [5.74, 6) is -3.88. The minimum absolute atomic E-state index is 0. The zero-order valence-electron chi connectivity index (χ0n) is 39.5. The van der Waals surface area contributed by atoms with Crippen LogP contribution in [-0.4, -0.2) is 202 Å². The monoisotopic (exact) mass is 1140 g/mol. The number of rotatable bonds is 28. The average molecular weight is 1150 g/mol. The smallest absolute Gasteiger partial charge is 0.748 e. The van der Waals surface area contributed by atoms with Crippen molar-refractivity contribution < 1.29 is 206 Å². The number of nitrogens with zero attached hydrogens (tertiary/aromatic N) is 7. The van der Waals surface area contributed by atoms with Crippen LogP contribution in [0.2, 0.25) is 0 Å². The van der Waals surface area contributed by atoms with Crippen molar-refractivity contribution >= 4 is 101 Å². The van der Waals surface area contributed by atoms with Gasteiger partial charge < -0.3 is 89.6 Å². The van der Waals surface area contributed by atoms with Crippen molar-refractivity contribution in [3.63, 3.8) is 0 Å². The largest absolute Gasteiger partial charge is 1.00 e. The van der Waals surface area contributed by atoms with Crippen molar-refractivity contribution in [1.29, 1.82) is 0 Å². The maximum absolute atomic E-state index is 12.5. The van der Waals surface area contributed by atoms with E-state index in [4.69, 9.17) is 14.4 Å². The van der Waals surface area contributed by atoms with E-state index in [9.17, 15) is 73.2 Å². The minimum Gasteiger partial charge on any atom is -0.748 e. The molecule has 0 aliphatic rings. The van der Waals surface area contributed by atoms with Crippen molar-refractivity contribution in [3.8, 4) is 5.75 Å². The van der Waals surface area contributed by atoms with Crippen LogP contribution in [0, 0.1) is 0 Å². The molecule has 31 nitrogen and oxygen atoms in total. The van der Waals surface area contributed by atoms with Gasteiger partial charge >= 0.3 is 118 Å². The molecule has 382 valence electrons. The molecule has 0 radical (unpaired) electrons. The van der Waals surface area contributed by atoms with Crippen LogP contribution < -0.4 is 154 Å². The molecule has 12 N–H and O–H groups in total. The molecule has 0 aliphatic heterocycles. The van der Waals surface area contributed by atoms with Gasteiger partial charge in [0, 0.05) is 56.2 Å². The van der Waals surface area contributed by atoms with Crippen molar-refractivity contribution in [2.24, 2.45) is 0 Å². The number of hydrogen-bond donors (Lipinski definition) is 12. The quantitative estimate of drug-likeness (QED) is 0.0109. The van der Waals surface area contributed by atoms with Crippen molar-refractivity contribution in [2.45, 2.75) is 35.4 Å². The number of aliphatic hydroxyl groups excluding tert-OH is 7. The fraction of sp³-hybridized carbons (Fsp3) is 0.412. The average Bonchev–Trinajstić information content (AvgIpc) is 3.25. The Balaban J connectivity index is 0.0000130. The Kier molecular flexibility index (Phi) is 32.2. The van der Waals surface area contributed by atoms with E-state index in [1.807, 2.05) is 0 Å². The molecule has 0 spiro atoms. The van der Waals surface area contributed by atoms with Gasteiger partial charge in [-0.15, -0.1) is 0 Å². The topological polar surface area (TPSA) is 503 Å². The molecule has 0 amide bonds. The minimum atomic E-state index is -5.26. The molecular formula is C34H44N12Na4O19S4. The second-order valence-corrected chi connectivity index (χ2v) is 19.2. The number of aliphatic hydroxyl groups is 7. The van der Waals surface area contributed by atoms with Crippen molar-refractivity contribution in [2.75, 3.05) is 89.4 Å². The van der Waals surface area contributed by atoms with Gasteiger partial charge in [0.05, 0.1) is 56.0 Å². The van der Waals surface area contributed by atoms with E-state index < -0.39 is 121 Å². The number of nitrogens with one attached hydrogen (secondary N) is 5. The molecule has 2 aromatic carbocycles. The third-order valence-electron chi connectivity index (χ3n) is 8.77. The van der Waals surface area contributed by atoms with Crippen LogP contribution in [0.25, 0.3) is 12.2 Å². The standard InChI is InChI=1S/C34H48N12O19S4.4Na/c1-46(15-23(50)27(52)28(53)24(51)17-48)34-44-30(36-9-11-68(59,60)61)42-33(45-34)38-20-6-4-18(25(12-20)65-66(54)55)2-3-19-5-7-21(13-26(19)69(62,63)64)39-32-41-29(35-8-10-67(56,57)58)40-31(43-32)37-14-22(49)16-47;;;;/h2-7,12-13,22-24,27-28,47-53H,8-11,14-17H2,1H3,(H,54,55)(H,56,57,58)(H,59,60,61)(H,62,63,64)(H2,36,38,42,44,45)(H3,35,37,39,40,41,43);;;;/q;4*+1/p-4. The van der Waals surface area contributed by atoms with Gasteiger partial charge in [0.2, 0.25) is 35.7 Å². The summed E-state index contributed by atoms with van der Waals surface area (Å²) in [7, 11) is -13.3. The summed E-state index contributed by atoms with van der Waals surface area (Å²) >= 11 is -3.21. The summed E-state index contributed by atoms with van der Waals surface area (Å²) in [6.45, 7) is -3.27. The molecule has 0 fully saturated rings. The van der Waals surface area contributed by atoms with Crippen LogP contribution in [-0.2, 0) is 41.7 Å². The van der Waals surface area contributed by atoms with Gasteiger partial charge in [-0.05, 0) is 29.8 Å². The Morgan fingerprint density at radius 1 is 0.658 bits per heavy atom. The first kappa shape index (κ1) is 71.4. The summed E-state index contributed by atoms with van der Waals surface area (Å²) in [4.78, 5) is 24.8. The predicted molar refractivity (Wildman–Crippen MR) is 238 cm³/mol. The molecule has 73 heavy (non-hydrogen) atoms. The summed E-state index contributed by atoms with van der Waals surface area (Å²) in [5.41, 5.74) is -0.297. The van der Waals surface area contributed by atoms with Crippen LogP contribution in [0.15, 0.2) is 41.3 Å². The van der Waals surface area contributed by atoms with Gasteiger partial charge in [-0.1, -0.05) is 18.2 Å². The molecule has 6 unspecified atom stereocenters. The fourth-order valence-corrected chi connectivity index (χ4v) is 7.13. The summed E-state index contributed by atoms with van der Waals surface area (Å²) in [5, 5.41) is 81.4. The molecule has 4 rings (SSSR count). The molecular weight excluding hydrogens is 1100 g/mol. The van der Waals surface area contributed by atoms with Gasteiger partial charge in [0.15, 0.2) is 0 Å². The first-order valence-corrected chi connectivity index (χ1v) is 25.0. The van der Waals surface area contributed by atoms with E-state index in [1.54, 1.807) is 0 Å². The van der Waals surface area contributed by atoms with E-state index >= 15 is 0 Å². The molecule has 0 saturated heterocycles. The summed E-state index contributed by atoms with van der Waals surface area (Å²) in [6.07, 6.45) is -6.46. The first-order chi connectivity index (χ1) is 32.2. The Morgan fingerprint density at radius 3 is 1.62 bits per heavy atom. The maximum atomic E-state index is 12.5. The molecule has 2 aromatic heterocycles. The predicted octanol–water partition coefficient (Wildman–Crippen LogP) is -16.6. The molecule has 4 aromatic rings. The Hall–Kier alpha value is -1.64. The summed E-state index contributed by atoms with van der Waals surface area (Å²) < 4.78 is 133. The van der Waals surface area contributed by atoms with Crippen LogP contribution in [0.3, 0.4) is 0 Å². The van der Waals surface area contributed by atoms with E-state index in [2.05, 4.69) is 56.5 Å². The zero-order chi connectivity index (χ0) is 51.3. The second kappa shape index (κ2) is 32.9. The Bertz CT molecular complexity index is 2800. The van der Waals surface area contributed by atoms with E-state index in [0.717, 1.165) is 23.1 Å². The molecule has 2 heterocycles. The number of benzene rings is 2. The van der Waals surface area contributed by atoms with E-state index in [-0.39, 0.29) is 189 Å². The Morgan fingerprint density at radius 2 is 1.11 bits per heavy atom. The van der Waals surface area contributed by atoms with Crippen LogP contribution in [0.1, 0.15) is 11.1 Å². The van der Waals surface area contributed by atoms with E-state index in [1.165, 1.54) is 37.4 Å². The number of likely N-dealkylation sites (N-methyl/N-ethyl adjacent to an activating group) is 1. The number of anilines is 8. The van der Waals surface area contributed by atoms with Crippen molar-refractivity contribution in [1.82, 2.24) is 29.9 Å². The number of hydrogen-bond acceptors (Lipinski definition) is 31. The fourth-order valence-electron chi connectivity index (χ4n) is 5.44. The maximum Gasteiger partial charge on any atom is 1.00 e. The summed E-state index contributed by atoms with van der Waals surface area (Å²) in [6, 6.07) is 7.10. The van der Waals surface area contributed by atoms with E-state index in [0.29, 0.717) is 0 Å².